The lowest BCUT2D eigenvalue weighted by atomic mass is 10.4. The molecule has 5 heteroatoms. The van der Waals surface area contributed by atoms with Crippen LogP contribution in [-0.2, 0) is 0 Å². The SMILES string of the molecule is O=Cc1ccc(-c2ncc(C=O)s2)[nH]1. The average Bonchev–Trinajstić information content (AvgIpc) is 2.86. The van der Waals surface area contributed by atoms with Gasteiger partial charge in [0.05, 0.1) is 16.3 Å². The summed E-state index contributed by atoms with van der Waals surface area (Å²) < 4.78 is 0. The highest BCUT2D eigenvalue weighted by molar-refractivity contribution is 7.16. The molecule has 0 fully saturated rings. The van der Waals surface area contributed by atoms with Gasteiger partial charge in [-0.15, -0.1) is 11.3 Å². The van der Waals surface area contributed by atoms with E-state index in [0.29, 0.717) is 15.6 Å². The fraction of sp³-hybridized carbons (Fsp3) is 0. The van der Waals surface area contributed by atoms with Gasteiger partial charge in [-0.05, 0) is 12.1 Å². The molecule has 0 amide bonds. The molecule has 0 unspecified atom stereocenters. The van der Waals surface area contributed by atoms with E-state index < -0.39 is 0 Å². The Morgan fingerprint density at radius 1 is 1.29 bits per heavy atom. The van der Waals surface area contributed by atoms with Crippen molar-refractivity contribution < 1.29 is 9.59 Å². The molecule has 2 heterocycles. The molecule has 2 rings (SSSR count). The summed E-state index contributed by atoms with van der Waals surface area (Å²) in [6.45, 7) is 0. The van der Waals surface area contributed by atoms with Gasteiger partial charge >= 0.3 is 0 Å². The predicted octanol–water partition coefficient (Wildman–Crippen LogP) is 1.76. The van der Waals surface area contributed by atoms with Gasteiger partial charge in [0.15, 0.2) is 12.6 Å². The molecule has 0 saturated heterocycles. The summed E-state index contributed by atoms with van der Waals surface area (Å²) in [6, 6.07) is 3.43. The fourth-order valence-corrected chi connectivity index (χ4v) is 1.78. The lowest BCUT2D eigenvalue weighted by Gasteiger charge is -1.87. The molecular weight excluding hydrogens is 200 g/mol. The van der Waals surface area contributed by atoms with Crippen LogP contribution in [0.2, 0.25) is 0 Å². The van der Waals surface area contributed by atoms with Crippen molar-refractivity contribution in [3.05, 3.63) is 28.9 Å². The molecule has 0 aliphatic heterocycles. The molecule has 0 aliphatic rings. The molecule has 0 aliphatic carbocycles. The number of thiazole rings is 1. The third-order valence-electron chi connectivity index (χ3n) is 1.71. The number of H-pyrrole nitrogens is 1. The van der Waals surface area contributed by atoms with E-state index in [-0.39, 0.29) is 0 Å². The number of nitrogens with one attached hydrogen (secondary N) is 1. The van der Waals surface area contributed by atoms with Crippen LogP contribution in [0.4, 0.5) is 0 Å². The van der Waals surface area contributed by atoms with E-state index in [1.54, 1.807) is 12.1 Å². The van der Waals surface area contributed by atoms with Gasteiger partial charge < -0.3 is 4.98 Å². The molecule has 1 N–H and O–H groups in total. The molecule has 0 bridgehead atoms. The second kappa shape index (κ2) is 3.55. The Morgan fingerprint density at radius 3 is 2.71 bits per heavy atom. The Kier molecular flexibility index (Phi) is 2.24. The summed E-state index contributed by atoms with van der Waals surface area (Å²) >= 11 is 1.28. The second-order valence-electron chi connectivity index (χ2n) is 2.63. The van der Waals surface area contributed by atoms with Gasteiger partial charge in [0.1, 0.15) is 5.01 Å². The van der Waals surface area contributed by atoms with E-state index in [4.69, 9.17) is 0 Å². The first kappa shape index (κ1) is 8.83. The van der Waals surface area contributed by atoms with Crippen LogP contribution in [-0.4, -0.2) is 22.5 Å². The molecule has 2 aromatic rings. The van der Waals surface area contributed by atoms with Crippen molar-refractivity contribution in [1.29, 1.82) is 0 Å². The zero-order valence-corrected chi connectivity index (χ0v) is 7.88. The smallest absolute Gasteiger partial charge is 0.166 e. The van der Waals surface area contributed by atoms with Crippen molar-refractivity contribution in [2.45, 2.75) is 0 Å². The maximum Gasteiger partial charge on any atom is 0.166 e. The van der Waals surface area contributed by atoms with Crippen molar-refractivity contribution in [2.75, 3.05) is 0 Å². The van der Waals surface area contributed by atoms with Crippen molar-refractivity contribution in [3.63, 3.8) is 0 Å². The molecule has 4 nitrogen and oxygen atoms in total. The summed E-state index contributed by atoms with van der Waals surface area (Å²) in [7, 11) is 0. The Labute approximate surface area is 83.6 Å². The van der Waals surface area contributed by atoms with Crippen LogP contribution in [0.5, 0.6) is 0 Å². The third-order valence-corrected chi connectivity index (χ3v) is 2.66. The van der Waals surface area contributed by atoms with Gasteiger partial charge in [0, 0.05) is 6.20 Å². The number of carbonyl (C=O) groups excluding carboxylic acids is 2. The highest BCUT2D eigenvalue weighted by Gasteiger charge is 2.05. The molecule has 2 aromatic heterocycles. The van der Waals surface area contributed by atoms with Crippen LogP contribution in [0.25, 0.3) is 10.7 Å². The maximum absolute atomic E-state index is 10.4. The van der Waals surface area contributed by atoms with Crippen LogP contribution in [0.1, 0.15) is 20.2 Å². The van der Waals surface area contributed by atoms with Gasteiger partial charge in [-0.1, -0.05) is 0 Å². The van der Waals surface area contributed by atoms with Gasteiger partial charge in [-0.3, -0.25) is 9.59 Å². The Balaban J connectivity index is 2.38. The number of nitrogens with zero attached hydrogens (tertiary/aromatic N) is 1. The van der Waals surface area contributed by atoms with Crippen molar-refractivity contribution in [3.8, 4) is 10.7 Å². The highest BCUT2D eigenvalue weighted by atomic mass is 32.1. The largest absolute Gasteiger partial charge is 0.350 e. The Morgan fingerprint density at radius 2 is 2.14 bits per heavy atom. The van der Waals surface area contributed by atoms with Crippen molar-refractivity contribution in [2.24, 2.45) is 0 Å². The van der Waals surface area contributed by atoms with E-state index in [1.165, 1.54) is 17.5 Å². The Bertz CT molecular complexity index is 428. The molecular formula is C9H6N2O2S. The summed E-state index contributed by atoms with van der Waals surface area (Å²) in [5, 5.41) is 0.709. The number of aldehydes is 2. The zero-order valence-electron chi connectivity index (χ0n) is 7.06. The third kappa shape index (κ3) is 1.49. The predicted molar refractivity (Wildman–Crippen MR) is 52.7 cm³/mol. The van der Waals surface area contributed by atoms with E-state index in [0.717, 1.165) is 18.3 Å². The first-order valence-electron chi connectivity index (χ1n) is 3.89. The minimum absolute atomic E-state index is 0.503. The van der Waals surface area contributed by atoms with Crippen LogP contribution in [0.15, 0.2) is 18.3 Å². The molecule has 70 valence electrons. The molecule has 0 radical (unpaired) electrons. The zero-order chi connectivity index (χ0) is 9.97. The average molecular weight is 206 g/mol. The topological polar surface area (TPSA) is 62.8 Å². The van der Waals surface area contributed by atoms with Gasteiger partial charge in [0.25, 0.3) is 0 Å². The van der Waals surface area contributed by atoms with Crippen LogP contribution >= 0.6 is 11.3 Å². The minimum atomic E-state index is 0.503. The summed E-state index contributed by atoms with van der Waals surface area (Å²) in [6.07, 6.45) is 3.00. The lowest BCUT2D eigenvalue weighted by molar-refractivity contribution is 0.111. The molecule has 0 spiro atoms. The summed E-state index contributed by atoms with van der Waals surface area (Å²) in [5.74, 6) is 0. The van der Waals surface area contributed by atoms with Crippen molar-refractivity contribution >= 4 is 23.9 Å². The molecule has 0 saturated carbocycles. The van der Waals surface area contributed by atoms with E-state index >= 15 is 0 Å². The van der Waals surface area contributed by atoms with Gasteiger partial charge in [0.2, 0.25) is 0 Å². The summed E-state index contributed by atoms with van der Waals surface area (Å²) in [5.41, 5.74) is 1.26. The molecule has 0 aromatic carbocycles. The monoisotopic (exact) mass is 206 g/mol. The second-order valence-corrected chi connectivity index (χ2v) is 3.69. The first-order valence-corrected chi connectivity index (χ1v) is 4.70. The maximum atomic E-state index is 10.4. The highest BCUT2D eigenvalue weighted by Crippen LogP contribution is 2.22. The number of aromatic amines is 1. The number of rotatable bonds is 3. The van der Waals surface area contributed by atoms with Crippen LogP contribution < -0.4 is 0 Å². The van der Waals surface area contributed by atoms with Gasteiger partial charge in [-0.25, -0.2) is 4.98 Å². The molecule has 14 heavy (non-hydrogen) atoms. The first-order chi connectivity index (χ1) is 6.83. The summed E-state index contributed by atoms with van der Waals surface area (Å²) in [4.78, 5) is 28.3. The van der Waals surface area contributed by atoms with Crippen LogP contribution in [0, 0.1) is 0 Å². The lowest BCUT2D eigenvalue weighted by Crippen LogP contribution is -1.78. The van der Waals surface area contributed by atoms with Gasteiger partial charge in [-0.2, -0.15) is 0 Å². The quantitative estimate of drug-likeness (QED) is 0.778. The van der Waals surface area contributed by atoms with E-state index in [2.05, 4.69) is 9.97 Å². The number of hydrogen-bond donors (Lipinski definition) is 1. The standard InChI is InChI=1S/C9H6N2O2S/c12-4-6-1-2-8(11-6)9-10-3-7(5-13)14-9/h1-5,11H. The number of hydrogen-bond acceptors (Lipinski definition) is 4. The fourth-order valence-electron chi connectivity index (χ4n) is 1.07. The van der Waals surface area contributed by atoms with E-state index in [1.807, 2.05) is 0 Å². The van der Waals surface area contributed by atoms with Crippen molar-refractivity contribution in [1.82, 2.24) is 9.97 Å². The van der Waals surface area contributed by atoms with Crippen LogP contribution in [0.3, 0.4) is 0 Å². The number of aromatic nitrogens is 2. The van der Waals surface area contributed by atoms with E-state index in [9.17, 15) is 9.59 Å². The Hall–Kier alpha value is -1.75. The minimum Gasteiger partial charge on any atom is -0.350 e. The molecule has 0 atom stereocenters. The normalized spacial score (nSPS) is 10.0. The number of carbonyl (C=O) groups is 2.